The van der Waals surface area contributed by atoms with E-state index in [0.29, 0.717) is 24.7 Å². The van der Waals surface area contributed by atoms with Gasteiger partial charge >= 0.3 is 6.09 Å². The number of likely N-dealkylation sites (N-methyl/N-ethyl adjacent to an activating group) is 1. The van der Waals surface area contributed by atoms with E-state index in [1.807, 2.05) is 32.0 Å². The minimum Gasteiger partial charge on any atom is -0.486 e. The molecule has 1 atom stereocenters. The van der Waals surface area contributed by atoms with Crippen LogP contribution in [0.2, 0.25) is 0 Å². The predicted octanol–water partition coefficient (Wildman–Crippen LogP) is 1.97. The molecule has 1 aliphatic rings. The first kappa shape index (κ1) is 17.9. The zero-order valence-corrected chi connectivity index (χ0v) is 14.5. The Morgan fingerprint density at radius 3 is 2.54 bits per heavy atom. The molecule has 0 unspecified atom stereocenters. The summed E-state index contributed by atoms with van der Waals surface area (Å²) in [4.78, 5) is 24.8. The van der Waals surface area contributed by atoms with Crippen molar-refractivity contribution in [1.29, 1.82) is 0 Å². The summed E-state index contributed by atoms with van der Waals surface area (Å²) in [5.74, 6) is 1.31. The van der Waals surface area contributed by atoms with Crippen molar-refractivity contribution in [3.05, 3.63) is 23.8 Å². The van der Waals surface area contributed by atoms with Gasteiger partial charge in [-0.2, -0.15) is 0 Å². The molecule has 1 N–H and O–H groups in total. The van der Waals surface area contributed by atoms with E-state index in [4.69, 9.17) is 9.47 Å². The van der Waals surface area contributed by atoms with Crippen LogP contribution >= 0.6 is 0 Å². The minimum atomic E-state index is -0.550. The van der Waals surface area contributed by atoms with Crippen molar-refractivity contribution < 1.29 is 23.8 Å². The Morgan fingerprint density at radius 1 is 1.25 bits per heavy atom. The molecule has 0 aliphatic carbocycles. The van der Waals surface area contributed by atoms with Crippen LogP contribution in [0.3, 0.4) is 0 Å². The highest BCUT2D eigenvalue weighted by Crippen LogP contribution is 2.34. The number of fused-ring (bicyclic) bond motifs is 1. The fourth-order valence-electron chi connectivity index (χ4n) is 2.54. The molecule has 24 heavy (non-hydrogen) atoms. The third-order valence-corrected chi connectivity index (χ3v) is 3.78. The average Bonchev–Trinajstić information content (AvgIpc) is 2.58. The van der Waals surface area contributed by atoms with Crippen LogP contribution in [-0.2, 0) is 9.53 Å². The van der Waals surface area contributed by atoms with Gasteiger partial charge in [0, 0.05) is 7.05 Å². The van der Waals surface area contributed by atoms with E-state index in [9.17, 15) is 9.59 Å². The molecule has 1 heterocycles. The molecule has 0 fully saturated rings. The summed E-state index contributed by atoms with van der Waals surface area (Å²) in [7, 11) is 2.79. The zero-order valence-electron chi connectivity index (χ0n) is 14.5. The molecule has 0 saturated heterocycles. The van der Waals surface area contributed by atoms with Gasteiger partial charge in [-0.05, 0) is 23.6 Å². The van der Waals surface area contributed by atoms with E-state index in [1.165, 1.54) is 19.1 Å². The lowest BCUT2D eigenvalue weighted by atomic mass is 9.95. The standard InChI is InChI=1S/C17H24N2O5/c1-11(2)16(18-15(20)10-19(3)17(21)22-4)12-5-6-13-14(9-12)24-8-7-23-13/h5-6,9,11,16H,7-8,10H2,1-4H3,(H,18,20)/t16-/m0/s1. The van der Waals surface area contributed by atoms with Gasteiger partial charge in [0.1, 0.15) is 19.8 Å². The molecule has 1 aromatic rings. The summed E-state index contributed by atoms with van der Waals surface area (Å²) in [5.41, 5.74) is 0.934. The van der Waals surface area contributed by atoms with E-state index >= 15 is 0 Å². The van der Waals surface area contributed by atoms with Crippen molar-refractivity contribution in [2.45, 2.75) is 19.9 Å². The number of ether oxygens (including phenoxy) is 3. The van der Waals surface area contributed by atoms with Crippen LogP contribution in [0.15, 0.2) is 18.2 Å². The topological polar surface area (TPSA) is 77.1 Å². The molecule has 0 bridgehead atoms. The molecule has 0 aromatic heterocycles. The van der Waals surface area contributed by atoms with Crippen molar-refractivity contribution in [3.63, 3.8) is 0 Å². The maximum Gasteiger partial charge on any atom is 0.409 e. The van der Waals surface area contributed by atoms with Gasteiger partial charge in [0.2, 0.25) is 5.91 Å². The first-order valence-corrected chi connectivity index (χ1v) is 7.90. The Kier molecular flexibility index (Phi) is 5.89. The minimum absolute atomic E-state index is 0.0690. The fraction of sp³-hybridized carbons (Fsp3) is 0.529. The number of carbonyl (C=O) groups is 2. The monoisotopic (exact) mass is 336 g/mol. The first-order valence-electron chi connectivity index (χ1n) is 7.90. The number of benzene rings is 1. The van der Waals surface area contributed by atoms with Crippen molar-refractivity contribution >= 4 is 12.0 Å². The Bertz CT molecular complexity index is 603. The molecule has 1 aliphatic heterocycles. The molecule has 7 nitrogen and oxygen atoms in total. The third-order valence-electron chi connectivity index (χ3n) is 3.78. The van der Waals surface area contributed by atoms with E-state index in [2.05, 4.69) is 10.1 Å². The number of amides is 2. The number of nitrogens with one attached hydrogen (secondary N) is 1. The number of hydrogen-bond donors (Lipinski definition) is 1. The molecule has 2 rings (SSSR count). The Hall–Kier alpha value is -2.44. The molecule has 132 valence electrons. The van der Waals surface area contributed by atoms with Gasteiger partial charge in [0.05, 0.1) is 13.2 Å². The summed E-state index contributed by atoms with van der Waals surface area (Å²) in [6, 6.07) is 5.47. The van der Waals surface area contributed by atoms with Crippen molar-refractivity contribution in [1.82, 2.24) is 10.2 Å². The third kappa shape index (κ3) is 4.31. The second-order valence-electron chi connectivity index (χ2n) is 6.02. The van der Waals surface area contributed by atoms with Gasteiger partial charge in [-0.1, -0.05) is 19.9 Å². The SMILES string of the molecule is COC(=O)N(C)CC(=O)N[C@H](c1ccc2c(c1)OCCO2)C(C)C. The van der Waals surface area contributed by atoms with Crippen LogP contribution in [0.25, 0.3) is 0 Å². The van der Waals surface area contributed by atoms with Crippen LogP contribution in [-0.4, -0.2) is 50.8 Å². The Labute approximate surface area is 141 Å². The van der Waals surface area contributed by atoms with Crippen molar-refractivity contribution in [3.8, 4) is 11.5 Å². The number of nitrogens with zero attached hydrogens (tertiary/aromatic N) is 1. The summed E-state index contributed by atoms with van der Waals surface area (Å²) in [6.07, 6.45) is -0.550. The normalized spacial score (nSPS) is 14.0. The molecule has 0 radical (unpaired) electrons. The van der Waals surface area contributed by atoms with Gasteiger partial charge in [0.15, 0.2) is 11.5 Å². The lowest BCUT2D eigenvalue weighted by Gasteiger charge is -2.26. The molecular formula is C17H24N2O5. The first-order chi connectivity index (χ1) is 11.4. The van der Waals surface area contributed by atoms with Crippen LogP contribution < -0.4 is 14.8 Å². The van der Waals surface area contributed by atoms with E-state index in [0.717, 1.165) is 5.56 Å². The fourth-order valence-corrected chi connectivity index (χ4v) is 2.54. The second kappa shape index (κ2) is 7.90. The molecule has 7 heteroatoms. The summed E-state index contributed by atoms with van der Waals surface area (Å²) in [5, 5.41) is 2.96. The largest absolute Gasteiger partial charge is 0.486 e. The summed E-state index contributed by atoms with van der Waals surface area (Å²) >= 11 is 0. The lowest BCUT2D eigenvalue weighted by Crippen LogP contribution is -2.41. The van der Waals surface area contributed by atoms with Crippen LogP contribution in [0.4, 0.5) is 4.79 Å². The van der Waals surface area contributed by atoms with Crippen molar-refractivity contribution in [2.24, 2.45) is 5.92 Å². The van der Waals surface area contributed by atoms with Gasteiger partial charge < -0.3 is 24.4 Å². The lowest BCUT2D eigenvalue weighted by molar-refractivity contribution is -0.122. The maximum absolute atomic E-state index is 12.2. The van der Waals surface area contributed by atoms with E-state index in [-0.39, 0.29) is 24.4 Å². The molecule has 0 saturated carbocycles. The summed E-state index contributed by atoms with van der Waals surface area (Å²) < 4.78 is 15.7. The van der Waals surface area contributed by atoms with Crippen LogP contribution in [0, 0.1) is 5.92 Å². The quantitative estimate of drug-likeness (QED) is 0.889. The molecule has 0 spiro atoms. The number of hydrogen-bond acceptors (Lipinski definition) is 5. The number of rotatable bonds is 5. The van der Waals surface area contributed by atoms with E-state index < -0.39 is 6.09 Å². The maximum atomic E-state index is 12.2. The predicted molar refractivity (Wildman–Crippen MR) is 88.2 cm³/mol. The smallest absolute Gasteiger partial charge is 0.409 e. The second-order valence-corrected chi connectivity index (χ2v) is 6.02. The van der Waals surface area contributed by atoms with E-state index in [1.54, 1.807) is 0 Å². The highest BCUT2D eigenvalue weighted by Gasteiger charge is 2.22. The van der Waals surface area contributed by atoms with Crippen LogP contribution in [0.5, 0.6) is 11.5 Å². The summed E-state index contributed by atoms with van der Waals surface area (Å²) in [6.45, 7) is 5.02. The zero-order chi connectivity index (χ0) is 17.7. The Balaban J connectivity index is 2.09. The average molecular weight is 336 g/mol. The molecule has 1 aromatic carbocycles. The van der Waals surface area contributed by atoms with Gasteiger partial charge in [0.25, 0.3) is 0 Å². The van der Waals surface area contributed by atoms with Gasteiger partial charge in [-0.25, -0.2) is 4.79 Å². The molecular weight excluding hydrogens is 312 g/mol. The van der Waals surface area contributed by atoms with Gasteiger partial charge in [-0.15, -0.1) is 0 Å². The van der Waals surface area contributed by atoms with Gasteiger partial charge in [-0.3, -0.25) is 4.79 Å². The van der Waals surface area contributed by atoms with Crippen molar-refractivity contribution in [2.75, 3.05) is 33.9 Å². The van der Waals surface area contributed by atoms with Crippen LogP contribution in [0.1, 0.15) is 25.5 Å². The highest BCUT2D eigenvalue weighted by atomic mass is 16.6. The number of carbonyl (C=O) groups excluding carboxylic acids is 2. The Morgan fingerprint density at radius 2 is 1.92 bits per heavy atom. The number of methoxy groups -OCH3 is 1. The molecule has 2 amide bonds. The highest BCUT2D eigenvalue weighted by molar-refractivity contribution is 5.82.